The van der Waals surface area contributed by atoms with Crippen molar-refractivity contribution in [3.05, 3.63) is 28.1 Å². The van der Waals surface area contributed by atoms with Gasteiger partial charge in [-0.15, -0.1) is 0 Å². The summed E-state index contributed by atoms with van der Waals surface area (Å²) in [5.74, 6) is -0.723. The second kappa shape index (κ2) is 3.93. The number of ether oxygens (including phenoxy) is 1. The molecule has 0 aliphatic heterocycles. The van der Waals surface area contributed by atoms with Crippen LogP contribution in [0.4, 0.5) is 0 Å². The van der Waals surface area contributed by atoms with Gasteiger partial charge < -0.3 is 14.4 Å². The molecule has 0 aliphatic rings. The highest BCUT2D eigenvalue weighted by atomic mass is 35.5. The molecule has 0 fully saturated rings. The average molecular weight is 259 g/mol. The van der Waals surface area contributed by atoms with Crippen LogP contribution in [0.2, 0.25) is 5.02 Å². The molecule has 84 valence electrons. The Hall–Kier alpha value is -1.30. The maximum atomic E-state index is 11.8. The van der Waals surface area contributed by atoms with Crippen molar-refractivity contribution >= 4 is 38.4 Å². The van der Waals surface area contributed by atoms with E-state index >= 15 is 0 Å². The first-order valence-corrected chi connectivity index (χ1v) is 5.82. The number of methoxy groups -OCH3 is 1. The van der Waals surface area contributed by atoms with Crippen molar-refractivity contribution in [2.24, 2.45) is 0 Å². The minimum atomic E-state index is -1.71. The van der Waals surface area contributed by atoms with Crippen molar-refractivity contribution in [1.82, 2.24) is 0 Å². The van der Waals surface area contributed by atoms with Gasteiger partial charge in [0.25, 0.3) is 4.88 Å². The summed E-state index contributed by atoms with van der Waals surface area (Å²) in [6, 6.07) is 4.75. The molecule has 2 aromatic rings. The fraction of sp³-hybridized carbons (Fsp3) is 0.100. The molecule has 0 saturated carbocycles. The fourth-order valence-corrected chi connectivity index (χ4v) is 3.16. The molecule has 0 radical (unpaired) electrons. The summed E-state index contributed by atoms with van der Waals surface area (Å²) in [6.07, 6.45) is 0. The zero-order chi connectivity index (χ0) is 11.9. The molecule has 16 heavy (non-hydrogen) atoms. The summed E-state index contributed by atoms with van der Waals surface area (Å²) in [5, 5.41) is 9.36. The number of carboxylic acid groups (broad SMARTS) is 1. The second-order valence-corrected chi connectivity index (χ2v) is 4.84. The van der Waals surface area contributed by atoms with Crippen LogP contribution >= 0.6 is 22.4 Å². The smallest absolute Gasteiger partial charge is 0.390 e. The Morgan fingerprint density at radius 1 is 1.56 bits per heavy atom. The zero-order valence-electron chi connectivity index (χ0n) is 8.19. The number of hydrogen-bond donors (Lipinski definition) is 1. The molecule has 6 heteroatoms. The first-order valence-electron chi connectivity index (χ1n) is 4.29. The normalized spacial score (nSPS) is 11.8. The number of fused-ring (bicyclic) bond motifs is 1. The van der Waals surface area contributed by atoms with Crippen molar-refractivity contribution < 1.29 is 19.2 Å². The van der Waals surface area contributed by atoms with Crippen LogP contribution in [0.3, 0.4) is 0 Å². The van der Waals surface area contributed by atoms with Gasteiger partial charge in [-0.1, -0.05) is 11.6 Å². The van der Waals surface area contributed by atoms with E-state index in [4.69, 9.17) is 21.4 Å². The first kappa shape index (κ1) is 11.2. The highest BCUT2D eigenvalue weighted by Crippen LogP contribution is 2.42. The third-order valence-corrected chi connectivity index (χ3v) is 4.21. The summed E-state index contributed by atoms with van der Waals surface area (Å²) in [5.41, 5.74) is 0. The molecule has 0 saturated heterocycles. The molecule has 4 nitrogen and oxygen atoms in total. The van der Waals surface area contributed by atoms with Gasteiger partial charge in [0.15, 0.2) is 4.70 Å². The summed E-state index contributed by atoms with van der Waals surface area (Å²) in [6.45, 7) is 0. The first-order chi connectivity index (χ1) is 7.56. The van der Waals surface area contributed by atoms with Gasteiger partial charge in [0, 0.05) is 6.07 Å². The van der Waals surface area contributed by atoms with Crippen LogP contribution in [0.1, 0.15) is 9.67 Å². The lowest BCUT2D eigenvalue weighted by Gasteiger charge is -1.97. The van der Waals surface area contributed by atoms with Crippen LogP contribution in [0, 0.1) is 0 Å². The number of carbonyl (C=O) groups is 1. The van der Waals surface area contributed by atoms with Crippen molar-refractivity contribution in [2.75, 3.05) is 7.11 Å². The van der Waals surface area contributed by atoms with Crippen LogP contribution in [0.15, 0.2) is 18.2 Å². The van der Waals surface area contributed by atoms with Crippen molar-refractivity contribution in [1.29, 1.82) is 0 Å². The van der Waals surface area contributed by atoms with Crippen molar-refractivity contribution in [3.8, 4) is 5.75 Å². The Labute approximate surface area is 98.8 Å². The van der Waals surface area contributed by atoms with Crippen LogP contribution in [-0.2, 0) is 0 Å². The van der Waals surface area contributed by atoms with Crippen LogP contribution in [0.25, 0.3) is 10.1 Å². The molecule has 0 amide bonds. The van der Waals surface area contributed by atoms with Gasteiger partial charge in [-0.05, 0) is 22.9 Å². The third-order valence-electron chi connectivity index (χ3n) is 2.20. The van der Waals surface area contributed by atoms with Crippen molar-refractivity contribution in [3.63, 3.8) is 0 Å². The lowest BCUT2D eigenvalue weighted by molar-refractivity contribution is 0.0701. The van der Waals surface area contributed by atoms with E-state index in [-0.39, 0.29) is 9.90 Å². The third kappa shape index (κ3) is 1.53. The topological polar surface area (TPSA) is 69.6 Å². The van der Waals surface area contributed by atoms with Gasteiger partial charge >= 0.3 is 5.97 Å². The lowest BCUT2D eigenvalue weighted by atomic mass is 10.2. The van der Waals surface area contributed by atoms with Gasteiger partial charge in [0.05, 0.1) is 12.5 Å². The number of thiophene rings is 1. The Bertz CT molecular complexity index is 576. The van der Waals surface area contributed by atoms with E-state index in [2.05, 4.69) is 0 Å². The number of rotatable bonds is 2. The van der Waals surface area contributed by atoms with E-state index in [9.17, 15) is 9.35 Å². The van der Waals surface area contributed by atoms with E-state index < -0.39 is 16.7 Å². The van der Waals surface area contributed by atoms with Crippen molar-refractivity contribution in [2.45, 2.75) is 0 Å². The molecule has 1 atom stereocenters. The van der Waals surface area contributed by atoms with E-state index in [1.165, 1.54) is 7.11 Å². The van der Waals surface area contributed by atoms with E-state index in [0.29, 0.717) is 15.8 Å². The van der Waals surface area contributed by atoms with Crippen LogP contribution in [-0.4, -0.2) is 22.7 Å². The van der Waals surface area contributed by atoms with Gasteiger partial charge in [-0.2, -0.15) is 0 Å². The quantitative estimate of drug-likeness (QED) is 0.841. The van der Waals surface area contributed by atoms with Gasteiger partial charge in [0.1, 0.15) is 10.8 Å². The fourth-order valence-electron chi connectivity index (χ4n) is 1.46. The predicted octanol–water partition coefficient (Wildman–Crippen LogP) is 2.93. The van der Waals surface area contributed by atoms with Crippen LogP contribution < -0.4 is 4.74 Å². The van der Waals surface area contributed by atoms with Gasteiger partial charge in [0.2, 0.25) is 0 Å². The molecule has 0 aliphatic carbocycles. The Morgan fingerprint density at radius 3 is 2.81 bits per heavy atom. The Morgan fingerprint density at radius 2 is 2.25 bits per heavy atom. The number of aromatic carboxylic acids is 1. The van der Waals surface area contributed by atoms with E-state index in [1.807, 2.05) is 0 Å². The monoisotopic (exact) mass is 258 g/mol. The number of hydrogen-bond acceptors (Lipinski definition) is 3. The molecule has 1 N–H and O–H groups in total. The Balaban J connectivity index is 2.83. The minimum Gasteiger partial charge on any atom is -0.590 e. The molecule has 0 bridgehead atoms. The van der Waals surface area contributed by atoms with E-state index in [0.717, 1.165) is 0 Å². The summed E-state index contributed by atoms with van der Waals surface area (Å²) in [4.78, 5) is 10.6. The maximum Gasteiger partial charge on any atom is 0.390 e. The molecular weight excluding hydrogens is 252 g/mol. The summed E-state index contributed by atoms with van der Waals surface area (Å²) >= 11 is 5.88. The molecular formula is C10H7ClO4S. The van der Waals surface area contributed by atoms with Gasteiger partial charge in [-0.25, -0.2) is 4.79 Å². The standard InChI is InChI=1S/C10H7ClO4S/c1-15-5-2-3-7-6(4-5)8(11)9(10(12)13)16(7)14/h2-4H,1H3,(H,12,13). The SMILES string of the molecule is COc1ccc2c(c1)c(Cl)c(C(=O)O)[s+]2[O-]. The lowest BCUT2D eigenvalue weighted by Crippen LogP contribution is -1.93. The molecule has 1 aromatic heterocycles. The zero-order valence-corrected chi connectivity index (χ0v) is 9.76. The second-order valence-electron chi connectivity index (χ2n) is 3.08. The number of carboxylic acids is 1. The van der Waals surface area contributed by atoms with Gasteiger partial charge in [-0.3, -0.25) is 0 Å². The summed E-state index contributed by atoms with van der Waals surface area (Å²) in [7, 11) is -0.224. The predicted molar refractivity (Wildman–Crippen MR) is 61.1 cm³/mol. The average Bonchev–Trinajstić information content (AvgIpc) is 2.51. The molecule has 2 rings (SSSR count). The molecule has 1 aromatic carbocycles. The maximum absolute atomic E-state index is 11.8. The molecule has 0 spiro atoms. The number of benzene rings is 1. The molecule has 1 unspecified atom stereocenters. The summed E-state index contributed by atoms with van der Waals surface area (Å²) < 4.78 is 17.2. The van der Waals surface area contributed by atoms with E-state index in [1.54, 1.807) is 18.2 Å². The highest BCUT2D eigenvalue weighted by molar-refractivity contribution is 7.33. The van der Waals surface area contributed by atoms with Crippen LogP contribution in [0.5, 0.6) is 5.75 Å². The Kier molecular flexibility index (Phi) is 2.75. The largest absolute Gasteiger partial charge is 0.590 e. The minimum absolute atomic E-state index is 0.0136. The number of halogens is 1. The molecule has 1 heterocycles. The highest BCUT2D eigenvalue weighted by Gasteiger charge is 2.27.